The number of hydrogen-bond acceptors (Lipinski definition) is 12. The Morgan fingerprint density at radius 1 is 1.05 bits per heavy atom. The Morgan fingerprint density at radius 2 is 1.78 bits per heavy atom. The van der Waals surface area contributed by atoms with Crippen molar-refractivity contribution in [1.29, 1.82) is 10.8 Å². The van der Waals surface area contributed by atoms with E-state index in [4.69, 9.17) is 21.9 Å². The SMILES string of the molecule is CC1(C)C(NC(=O)c2ccc(N/C=C(/CC3CCN(c4ccc5nnn(C6CCC(=O)NC6=O)c(=O)c5c4)CC3)N=N)cc2)C(C)(C)C1Oc1ccc(C#N)c(Cl)c1. The van der Waals surface area contributed by atoms with Crippen LogP contribution < -0.4 is 31.1 Å². The van der Waals surface area contributed by atoms with Gasteiger partial charge in [-0.3, -0.25) is 24.5 Å². The van der Waals surface area contributed by atoms with Crippen LogP contribution in [0.2, 0.25) is 5.02 Å². The van der Waals surface area contributed by atoms with Crippen molar-refractivity contribution in [3.05, 3.63) is 99.1 Å². The zero-order valence-electron chi connectivity index (χ0n) is 32.7. The van der Waals surface area contributed by atoms with Crippen molar-refractivity contribution in [2.24, 2.45) is 21.9 Å². The van der Waals surface area contributed by atoms with E-state index in [1.807, 2.05) is 18.2 Å². The lowest BCUT2D eigenvalue weighted by atomic mass is 9.49. The highest BCUT2D eigenvalue weighted by Crippen LogP contribution is 2.55. The number of nitrogens with one attached hydrogen (secondary N) is 4. The summed E-state index contributed by atoms with van der Waals surface area (Å²) in [4.78, 5) is 53.0. The number of hydrogen-bond donors (Lipinski definition) is 4. The summed E-state index contributed by atoms with van der Waals surface area (Å²) in [6, 6.07) is 18.6. The number of benzene rings is 3. The van der Waals surface area contributed by atoms with Crippen molar-refractivity contribution in [2.75, 3.05) is 23.3 Å². The van der Waals surface area contributed by atoms with Gasteiger partial charge in [0, 0.05) is 65.6 Å². The second kappa shape index (κ2) is 16.0. The van der Waals surface area contributed by atoms with Gasteiger partial charge in [0.25, 0.3) is 17.4 Å². The second-order valence-electron chi connectivity index (χ2n) is 16.4. The van der Waals surface area contributed by atoms with Gasteiger partial charge in [-0.1, -0.05) is 44.5 Å². The van der Waals surface area contributed by atoms with Crippen LogP contribution in [-0.4, -0.2) is 58.0 Å². The first kappa shape index (κ1) is 40.1. The number of fused-ring (bicyclic) bond motifs is 1. The molecular formula is C42H45ClN10O5. The molecule has 2 saturated heterocycles. The number of carbonyl (C=O) groups is 3. The molecular weight excluding hydrogens is 760 g/mol. The molecule has 3 heterocycles. The number of piperidine rings is 2. The van der Waals surface area contributed by atoms with Gasteiger partial charge in [-0.05, 0) is 86.2 Å². The summed E-state index contributed by atoms with van der Waals surface area (Å²) in [7, 11) is 0. The third-order valence-corrected chi connectivity index (χ3v) is 12.1. The van der Waals surface area contributed by atoms with Gasteiger partial charge in [0.2, 0.25) is 5.91 Å². The van der Waals surface area contributed by atoms with Crippen LogP contribution in [0.15, 0.2) is 82.5 Å². The molecule has 4 aromatic rings. The van der Waals surface area contributed by atoms with Crippen molar-refractivity contribution in [3.8, 4) is 11.8 Å². The van der Waals surface area contributed by atoms with E-state index in [9.17, 15) is 24.4 Å². The minimum absolute atomic E-state index is 0.129. The Balaban J connectivity index is 0.913. The van der Waals surface area contributed by atoms with Crippen LogP contribution >= 0.6 is 11.6 Å². The van der Waals surface area contributed by atoms with Crippen LogP contribution in [0.25, 0.3) is 10.9 Å². The normalized spacial score (nSPS) is 21.7. The molecule has 16 heteroatoms. The molecule has 1 aliphatic carbocycles. The number of carbonyl (C=O) groups excluding carboxylic acids is 3. The fourth-order valence-electron chi connectivity index (χ4n) is 8.88. The van der Waals surface area contributed by atoms with Crippen LogP contribution in [-0.2, 0) is 9.59 Å². The van der Waals surface area contributed by atoms with E-state index in [0.717, 1.165) is 42.0 Å². The molecule has 0 bridgehead atoms. The van der Waals surface area contributed by atoms with Crippen LogP contribution in [0.5, 0.6) is 5.75 Å². The number of halogens is 1. The van der Waals surface area contributed by atoms with E-state index in [1.54, 1.807) is 48.7 Å². The van der Waals surface area contributed by atoms with Crippen molar-refractivity contribution in [2.45, 2.75) is 78.0 Å². The molecule has 0 spiro atoms. The minimum atomic E-state index is -0.885. The predicted octanol–water partition coefficient (Wildman–Crippen LogP) is 6.50. The summed E-state index contributed by atoms with van der Waals surface area (Å²) < 4.78 is 7.42. The Kier molecular flexibility index (Phi) is 11.1. The molecule has 3 aliphatic rings. The van der Waals surface area contributed by atoms with Crippen molar-refractivity contribution in [1.82, 2.24) is 25.6 Å². The average Bonchev–Trinajstić information content (AvgIpc) is 3.21. The Morgan fingerprint density at radius 3 is 2.43 bits per heavy atom. The van der Waals surface area contributed by atoms with E-state index >= 15 is 0 Å². The fourth-order valence-corrected chi connectivity index (χ4v) is 9.09. The van der Waals surface area contributed by atoms with Gasteiger partial charge in [-0.15, -0.1) is 5.10 Å². The summed E-state index contributed by atoms with van der Waals surface area (Å²) in [5.41, 5.74) is 10.2. The largest absolute Gasteiger partial charge is 0.489 e. The molecule has 3 amide bonds. The Hall–Kier alpha value is -6.14. The third kappa shape index (κ3) is 7.89. The molecule has 7 rings (SSSR count). The molecule has 1 saturated carbocycles. The standard InChI is InChI=1S/C42H45ClN10O5/c1-41(2)39(42(3,4)40(41)58-30-11-7-26(22-44)32(43)21-30)48-36(55)25-5-8-27(9-6-25)46-23-28(49-45)19-24-15-17-52(18-16-24)29-10-12-33-31(20-29)38(57)53(51-50-33)34-13-14-35(54)47-37(34)56/h5-12,20-21,23-24,34,39-40,45-46H,13-19H2,1-4H3,(H,48,55)(H,47,54,56)/b28-23-,49-45?. The Bertz CT molecular complexity index is 2400. The smallest absolute Gasteiger partial charge is 0.278 e. The van der Waals surface area contributed by atoms with Gasteiger partial charge in [-0.25, -0.2) is 5.53 Å². The summed E-state index contributed by atoms with van der Waals surface area (Å²) in [6.07, 6.45) is 4.16. The number of rotatable bonds is 11. The number of nitriles is 1. The lowest BCUT2D eigenvalue weighted by molar-refractivity contribution is -0.164. The second-order valence-corrected chi connectivity index (χ2v) is 16.8. The summed E-state index contributed by atoms with van der Waals surface area (Å²) in [6.45, 7) is 9.73. The molecule has 2 aliphatic heterocycles. The zero-order chi connectivity index (χ0) is 41.4. The Labute approximate surface area is 340 Å². The zero-order valence-corrected chi connectivity index (χ0v) is 33.5. The van der Waals surface area contributed by atoms with E-state index in [0.29, 0.717) is 50.8 Å². The quantitative estimate of drug-likeness (QED) is 0.0956. The molecule has 15 nitrogen and oxygen atoms in total. The highest BCUT2D eigenvalue weighted by molar-refractivity contribution is 6.31. The van der Waals surface area contributed by atoms with Crippen LogP contribution in [0, 0.1) is 33.6 Å². The molecule has 58 heavy (non-hydrogen) atoms. The predicted molar refractivity (Wildman–Crippen MR) is 217 cm³/mol. The van der Waals surface area contributed by atoms with Crippen molar-refractivity contribution < 1.29 is 19.1 Å². The first-order chi connectivity index (χ1) is 27.7. The number of nitrogens with zero attached hydrogens (tertiary/aromatic N) is 6. The molecule has 1 unspecified atom stereocenters. The van der Waals surface area contributed by atoms with Gasteiger partial charge in [-0.2, -0.15) is 15.1 Å². The van der Waals surface area contributed by atoms with Crippen LogP contribution in [0.4, 0.5) is 11.4 Å². The van der Waals surface area contributed by atoms with Gasteiger partial charge >= 0.3 is 0 Å². The monoisotopic (exact) mass is 804 g/mol. The maximum atomic E-state index is 13.4. The van der Waals surface area contributed by atoms with Crippen molar-refractivity contribution in [3.63, 3.8) is 0 Å². The lowest BCUT2D eigenvalue weighted by Crippen LogP contribution is -2.74. The maximum absolute atomic E-state index is 13.4. The summed E-state index contributed by atoms with van der Waals surface area (Å²) in [5, 5.41) is 30.5. The maximum Gasteiger partial charge on any atom is 0.278 e. The van der Waals surface area contributed by atoms with E-state index < -0.39 is 28.3 Å². The average molecular weight is 805 g/mol. The topological polar surface area (TPSA) is 208 Å². The van der Waals surface area contributed by atoms with E-state index in [-0.39, 0.29) is 36.8 Å². The van der Waals surface area contributed by atoms with E-state index in [1.165, 1.54) is 0 Å². The van der Waals surface area contributed by atoms with E-state index in [2.05, 4.69) is 70.0 Å². The molecule has 3 fully saturated rings. The number of amides is 3. The number of anilines is 2. The first-order valence-corrected chi connectivity index (χ1v) is 19.7. The van der Waals surface area contributed by atoms with Crippen LogP contribution in [0.3, 0.4) is 0 Å². The van der Waals surface area contributed by atoms with Gasteiger partial charge < -0.3 is 20.3 Å². The minimum Gasteiger partial charge on any atom is -0.489 e. The number of imide groups is 1. The molecule has 1 aromatic heterocycles. The highest BCUT2D eigenvalue weighted by Gasteiger charge is 2.64. The van der Waals surface area contributed by atoms with Gasteiger partial charge in [0.15, 0.2) is 0 Å². The third-order valence-electron chi connectivity index (χ3n) is 11.8. The number of allylic oxidation sites excluding steroid dienone is 1. The lowest BCUT2D eigenvalue weighted by Gasteiger charge is -2.63. The molecule has 300 valence electrons. The van der Waals surface area contributed by atoms with Gasteiger partial charge in [0.1, 0.15) is 29.5 Å². The van der Waals surface area contributed by atoms with Crippen LogP contribution in [0.1, 0.15) is 81.8 Å². The summed E-state index contributed by atoms with van der Waals surface area (Å²) in [5.74, 6) is -0.245. The van der Waals surface area contributed by atoms with Gasteiger partial charge in [0.05, 0.1) is 21.7 Å². The van der Waals surface area contributed by atoms with Crippen molar-refractivity contribution >= 4 is 51.6 Å². The summed E-state index contributed by atoms with van der Waals surface area (Å²) >= 11 is 6.23. The first-order valence-electron chi connectivity index (χ1n) is 19.3. The number of aromatic nitrogens is 3. The number of ether oxygens (including phenoxy) is 1. The highest BCUT2D eigenvalue weighted by atomic mass is 35.5. The molecule has 4 N–H and O–H groups in total. The molecule has 1 atom stereocenters. The molecule has 0 radical (unpaired) electrons. The fraction of sp³-hybridized carbons (Fsp3) is 0.405. The molecule has 3 aromatic carbocycles.